The molecule has 0 radical (unpaired) electrons. The Morgan fingerprint density at radius 1 is 0.780 bits per heavy atom. The van der Waals surface area contributed by atoms with Gasteiger partial charge in [-0.05, 0) is 48.7 Å². The Balaban J connectivity index is 0.000000252. The summed E-state index contributed by atoms with van der Waals surface area (Å²) in [7, 11) is -8.86. The van der Waals surface area contributed by atoms with Crippen LogP contribution in [0, 0.1) is 17.0 Å². The summed E-state index contributed by atoms with van der Waals surface area (Å²) >= 11 is 0. The average Bonchev–Trinajstić information content (AvgIpc) is 3.45. The second-order valence-electron chi connectivity index (χ2n) is 12.0. The van der Waals surface area contributed by atoms with Gasteiger partial charge in [-0.1, -0.05) is 59.4 Å². The molecule has 7 rings (SSSR count). The van der Waals surface area contributed by atoms with Crippen molar-refractivity contribution in [2.45, 2.75) is 16.7 Å². The number of aromatic nitrogens is 2. The smallest absolute Gasteiger partial charge is 0.871 e. The van der Waals surface area contributed by atoms with Gasteiger partial charge in [-0.15, -0.1) is 5.11 Å². The van der Waals surface area contributed by atoms with Crippen molar-refractivity contribution in [2.24, 2.45) is 15.3 Å². The first-order valence-corrected chi connectivity index (χ1v) is 19.0. The van der Waals surface area contributed by atoms with Crippen LogP contribution in [0.25, 0.3) is 27.2 Å². The topological polar surface area (TPSA) is 310 Å². The van der Waals surface area contributed by atoms with Crippen LogP contribution in [0.2, 0.25) is 0 Å². The molecule has 0 amide bonds. The zero-order chi connectivity index (χ0) is 41.2. The van der Waals surface area contributed by atoms with Crippen LogP contribution in [-0.2, 0) is 37.6 Å². The maximum Gasteiger partial charge on any atom is 1.00 e. The summed E-state index contributed by atoms with van der Waals surface area (Å²) in [6.07, 6.45) is 0. The molecule has 0 unspecified atom stereocenters. The van der Waals surface area contributed by atoms with Crippen molar-refractivity contribution in [2.75, 3.05) is 0 Å². The molecular weight excluding hydrogens is 862 g/mol. The first kappa shape index (κ1) is 45.9. The Morgan fingerprint density at radius 2 is 1.41 bits per heavy atom. The predicted octanol–water partition coefficient (Wildman–Crippen LogP) is 1.73. The summed E-state index contributed by atoms with van der Waals surface area (Å²) in [6, 6.07) is 26.4. The number of aromatic amines is 1. The van der Waals surface area contributed by atoms with Gasteiger partial charge in [0.2, 0.25) is 5.69 Å². The minimum absolute atomic E-state index is 0. The number of H-pyrrole nitrogens is 1. The van der Waals surface area contributed by atoms with Gasteiger partial charge in [0.25, 0.3) is 37.2 Å². The summed E-state index contributed by atoms with van der Waals surface area (Å²) < 4.78 is 65.1. The number of non-ortho nitro benzene ring substituents is 1. The molecule has 0 spiro atoms. The van der Waals surface area contributed by atoms with Crippen LogP contribution in [0.1, 0.15) is 5.69 Å². The van der Waals surface area contributed by atoms with Crippen LogP contribution < -0.4 is 45.3 Å². The minimum Gasteiger partial charge on any atom is -0.871 e. The summed E-state index contributed by atoms with van der Waals surface area (Å²) in [5.41, 5.74) is -0.194. The van der Waals surface area contributed by atoms with Gasteiger partial charge in [-0.25, -0.2) is 4.68 Å². The molecule has 296 valence electrons. The Labute approximate surface area is 366 Å². The normalized spacial score (nSPS) is 11.6. The average molecular weight is 891 g/mol. The molecule has 0 saturated carbocycles. The molecule has 59 heavy (non-hydrogen) atoms. The molecule has 0 bridgehead atoms. The molecule has 6 aromatic carbocycles. The van der Waals surface area contributed by atoms with E-state index in [1.54, 1.807) is 30.3 Å². The number of hydrogen-bond donors (Lipinski definition) is 4. The van der Waals surface area contributed by atoms with E-state index in [1.165, 1.54) is 19.1 Å². The third kappa shape index (κ3) is 10.1. The Morgan fingerprint density at radius 3 is 2.03 bits per heavy atom. The number of fused-ring (bicyclic) bond motifs is 2. The van der Waals surface area contributed by atoms with Crippen molar-refractivity contribution in [3.8, 4) is 22.9 Å². The first-order chi connectivity index (χ1) is 26.9. The van der Waals surface area contributed by atoms with E-state index in [0.717, 1.165) is 51.9 Å². The van der Waals surface area contributed by atoms with Gasteiger partial charge in [0, 0.05) is 51.4 Å². The van der Waals surface area contributed by atoms with E-state index in [4.69, 9.17) is 14.8 Å². The number of hydrogen-bond acceptors (Lipinski definition) is 11. The number of nitrogens with zero attached hydrogens (tertiary/aromatic N) is 5. The molecule has 19 nitrogen and oxygen atoms in total. The standard InChI is InChI=1S/C20H14N2O5S.C16H13N5O7S.Cr.Na/c23-16-10-9-12-5-1-2-6-13(12)19(16)21-22-20-15-8-4-3-7-14(15)18(11-17(20)24)28(25,26)27;1-9-15(18-17-13-8-11(21(24)25)4-7-14(13)22)16(23)20(19-9)10-2-5-12(6-3-10)29(26,27)28;;/h1-11,23-24H,(H,25,26,27);2-8,19,22H,1H3,(H,26,27,28);;/q;;;+1/p+2. The first-order valence-electron chi connectivity index (χ1n) is 16.2. The fourth-order valence-corrected chi connectivity index (χ4v) is 6.77. The summed E-state index contributed by atoms with van der Waals surface area (Å²) in [6.45, 7) is 1.52. The molecule has 1 aromatic heterocycles. The van der Waals surface area contributed by atoms with Crippen molar-refractivity contribution in [3.63, 3.8) is 0 Å². The summed E-state index contributed by atoms with van der Waals surface area (Å²) in [4.78, 5) is 22.0. The number of nitro groups is 1. The molecule has 1 heterocycles. The van der Waals surface area contributed by atoms with Gasteiger partial charge in [0.05, 0.1) is 38.3 Å². The van der Waals surface area contributed by atoms with E-state index in [-0.39, 0.29) is 108 Å². The number of nitrogens with one attached hydrogen (secondary N) is 2. The molecule has 0 atom stereocenters. The van der Waals surface area contributed by atoms with Crippen LogP contribution in [0.3, 0.4) is 0 Å². The molecular formula is C36H29CrN7NaO12S2+3. The number of aryl methyl sites for hydroxylation is 1. The zero-order valence-corrected chi connectivity index (χ0v) is 35.4. The number of azo groups is 2. The Kier molecular flexibility index (Phi) is 14.3. The van der Waals surface area contributed by atoms with E-state index in [9.17, 15) is 41.4 Å². The number of benzene rings is 6. The predicted molar refractivity (Wildman–Crippen MR) is 204 cm³/mol. The largest absolute Gasteiger partial charge is 1.00 e. The van der Waals surface area contributed by atoms with Crippen LogP contribution in [0.5, 0.6) is 17.2 Å². The van der Waals surface area contributed by atoms with Gasteiger partial charge >= 0.3 is 41.0 Å². The van der Waals surface area contributed by atoms with Gasteiger partial charge in [0.1, 0.15) is 4.90 Å². The fraction of sp³-hybridized carbons (Fsp3) is 0.0278. The van der Waals surface area contributed by atoms with E-state index < -0.39 is 36.5 Å². The Bertz CT molecular complexity index is 3090. The second kappa shape index (κ2) is 18.4. The third-order valence-corrected chi connectivity index (χ3v) is 10.1. The van der Waals surface area contributed by atoms with E-state index in [0.29, 0.717) is 11.1 Å². The van der Waals surface area contributed by atoms with E-state index >= 15 is 0 Å². The summed E-state index contributed by atoms with van der Waals surface area (Å²) in [5, 5.41) is 58.7. The van der Waals surface area contributed by atoms with Gasteiger partial charge in [-0.2, -0.15) is 21.9 Å². The Hall–Kier alpha value is -5.80. The number of nitro benzene ring substituents is 1. The van der Waals surface area contributed by atoms with Crippen LogP contribution in [-0.4, -0.2) is 50.9 Å². The van der Waals surface area contributed by atoms with Gasteiger partial charge in [-0.3, -0.25) is 29.1 Å². The zero-order valence-electron chi connectivity index (χ0n) is 30.5. The summed E-state index contributed by atoms with van der Waals surface area (Å²) in [5.74, 6) is -0.521. The van der Waals surface area contributed by atoms with Crippen molar-refractivity contribution >= 4 is 70.2 Å². The van der Waals surface area contributed by atoms with Gasteiger partial charge in [0.15, 0.2) is 5.69 Å². The molecule has 7 aromatic rings. The molecule has 0 fully saturated rings. The quantitative estimate of drug-likeness (QED) is 0.0428. The molecule has 0 aliphatic heterocycles. The van der Waals surface area contributed by atoms with Crippen molar-refractivity contribution in [1.29, 1.82) is 0 Å². The van der Waals surface area contributed by atoms with Crippen molar-refractivity contribution < 1.29 is 98.2 Å². The van der Waals surface area contributed by atoms with E-state index in [2.05, 4.69) is 25.6 Å². The van der Waals surface area contributed by atoms with Gasteiger partial charge < -0.3 is 15.3 Å². The van der Waals surface area contributed by atoms with Crippen LogP contribution in [0.4, 0.5) is 28.4 Å². The maximum atomic E-state index is 12.6. The molecule has 0 saturated heterocycles. The maximum absolute atomic E-state index is 12.6. The van der Waals surface area contributed by atoms with Crippen molar-refractivity contribution in [1.82, 2.24) is 9.78 Å². The SMILES string of the molecule is Cc1[nH]n(-c2ccc(S(=O)(=O)O)cc2)c(=O)c1N=Nc1cc([N+](=O)[O-])ccc1[O-].O=S(=O)(O)c1cc([OH2+])c([NH+]=Nc2c([OH2+])ccc3ccccc23)c2ccccc12.[Cr].[Na+]. The van der Waals surface area contributed by atoms with E-state index in [1.807, 2.05) is 30.3 Å². The van der Waals surface area contributed by atoms with Crippen LogP contribution >= 0.6 is 0 Å². The monoisotopic (exact) mass is 890 g/mol. The van der Waals surface area contributed by atoms with Crippen LogP contribution in [0.15, 0.2) is 139 Å². The fourth-order valence-electron chi connectivity index (χ4n) is 5.57. The van der Waals surface area contributed by atoms with Crippen molar-refractivity contribution in [3.05, 3.63) is 135 Å². The second-order valence-corrected chi connectivity index (χ2v) is 14.8. The minimum atomic E-state index is -4.48. The molecule has 0 aliphatic rings. The molecule has 8 N–H and O–H groups in total. The number of rotatable bonds is 8. The third-order valence-electron chi connectivity index (χ3n) is 8.31. The molecule has 0 aliphatic carbocycles. The molecule has 23 heteroatoms.